The maximum atomic E-state index is 13.0. The van der Waals surface area contributed by atoms with Gasteiger partial charge in [0.1, 0.15) is 11.6 Å². The molecule has 1 atom stereocenters. The molecule has 1 heterocycles. The van der Waals surface area contributed by atoms with Crippen LogP contribution in [0.5, 0.6) is 5.75 Å². The molecule has 2 aromatic rings. The normalized spacial score (nSPS) is 12.4. The molecule has 2 N–H and O–H groups in total. The van der Waals surface area contributed by atoms with Gasteiger partial charge in [0.2, 0.25) is 0 Å². The third kappa shape index (κ3) is 2.55. The summed E-state index contributed by atoms with van der Waals surface area (Å²) in [5.41, 5.74) is 6.83. The van der Waals surface area contributed by atoms with Gasteiger partial charge in [-0.15, -0.1) is 0 Å². The number of hydrogen-bond donors (Lipinski definition) is 1. The average Bonchev–Trinajstić information content (AvgIpc) is 2.70. The fourth-order valence-corrected chi connectivity index (χ4v) is 1.43. The van der Waals surface area contributed by atoms with E-state index in [4.69, 9.17) is 15.0 Å². The van der Waals surface area contributed by atoms with Crippen LogP contribution in [0.3, 0.4) is 0 Å². The number of benzene rings is 1. The molecule has 2 rings (SSSR count). The Labute approximate surface area is 98.2 Å². The summed E-state index contributed by atoms with van der Waals surface area (Å²) >= 11 is 0. The number of anilines is 1. The lowest BCUT2D eigenvalue weighted by Gasteiger charge is -2.13. The van der Waals surface area contributed by atoms with Gasteiger partial charge in [-0.1, -0.05) is 5.16 Å². The standard InChI is InChI=1S/C12H13FN2O2/c1-7-5-11(17-15-7)8(2)16-12-6-9(13)3-4-10(12)14/h3-6,8H,14H2,1-2H3/t8-/m0/s1. The minimum absolute atomic E-state index is 0.298. The lowest BCUT2D eigenvalue weighted by Crippen LogP contribution is -2.04. The number of ether oxygens (including phenoxy) is 1. The third-order valence-electron chi connectivity index (χ3n) is 2.33. The molecule has 0 aliphatic heterocycles. The number of nitrogens with two attached hydrogens (primary N) is 1. The van der Waals surface area contributed by atoms with Gasteiger partial charge in [0.25, 0.3) is 0 Å². The van der Waals surface area contributed by atoms with Crippen LogP contribution in [-0.2, 0) is 0 Å². The Kier molecular flexibility index (Phi) is 2.99. The van der Waals surface area contributed by atoms with Crippen LogP contribution in [0.4, 0.5) is 10.1 Å². The van der Waals surface area contributed by atoms with E-state index >= 15 is 0 Å². The SMILES string of the molecule is Cc1cc([C@H](C)Oc2cc(F)ccc2N)on1. The molecule has 5 heteroatoms. The number of halogens is 1. The molecule has 4 nitrogen and oxygen atoms in total. The number of nitrogen functional groups attached to an aromatic ring is 1. The summed E-state index contributed by atoms with van der Waals surface area (Å²) < 4.78 is 23.6. The maximum Gasteiger partial charge on any atom is 0.177 e. The van der Waals surface area contributed by atoms with Gasteiger partial charge < -0.3 is 15.0 Å². The molecule has 0 saturated carbocycles. The molecule has 0 saturated heterocycles. The quantitative estimate of drug-likeness (QED) is 0.832. The maximum absolute atomic E-state index is 13.0. The first kappa shape index (κ1) is 11.4. The van der Waals surface area contributed by atoms with Crippen molar-refractivity contribution in [2.75, 3.05) is 5.73 Å². The van der Waals surface area contributed by atoms with E-state index in [9.17, 15) is 4.39 Å². The van der Waals surface area contributed by atoms with Crippen molar-refractivity contribution in [1.82, 2.24) is 5.16 Å². The van der Waals surface area contributed by atoms with Crippen molar-refractivity contribution >= 4 is 5.69 Å². The van der Waals surface area contributed by atoms with Gasteiger partial charge in [0.15, 0.2) is 11.9 Å². The smallest absolute Gasteiger partial charge is 0.177 e. The molecule has 90 valence electrons. The van der Waals surface area contributed by atoms with Gasteiger partial charge in [0.05, 0.1) is 11.4 Å². The van der Waals surface area contributed by atoms with Crippen molar-refractivity contribution in [1.29, 1.82) is 0 Å². The summed E-state index contributed by atoms with van der Waals surface area (Å²) in [5, 5.41) is 3.76. The first-order chi connectivity index (χ1) is 8.06. The number of rotatable bonds is 3. The zero-order valence-corrected chi connectivity index (χ0v) is 9.61. The summed E-state index contributed by atoms with van der Waals surface area (Å²) in [5.74, 6) is 0.480. The van der Waals surface area contributed by atoms with Crippen LogP contribution in [0.15, 0.2) is 28.8 Å². The topological polar surface area (TPSA) is 61.3 Å². The van der Waals surface area contributed by atoms with E-state index < -0.39 is 5.82 Å². The summed E-state index contributed by atoms with van der Waals surface area (Å²) in [4.78, 5) is 0. The van der Waals surface area contributed by atoms with Crippen LogP contribution < -0.4 is 10.5 Å². The van der Waals surface area contributed by atoms with Crippen LogP contribution in [0.1, 0.15) is 24.5 Å². The Balaban J connectivity index is 2.18. The molecule has 1 aromatic heterocycles. The van der Waals surface area contributed by atoms with E-state index in [0.717, 1.165) is 5.69 Å². The van der Waals surface area contributed by atoms with Crippen molar-refractivity contribution < 1.29 is 13.7 Å². The van der Waals surface area contributed by atoms with Gasteiger partial charge in [-0.3, -0.25) is 0 Å². The zero-order valence-electron chi connectivity index (χ0n) is 9.61. The van der Waals surface area contributed by atoms with Gasteiger partial charge in [-0.25, -0.2) is 4.39 Å². The summed E-state index contributed by atoms with van der Waals surface area (Å²) in [6, 6.07) is 5.75. The summed E-state index contributed by atoms with van der Waals surface area (Å²) in [6.45, 7) is 3.60. The molecular formula is C12H13FN2O2. The fourth-order valence-electron chi connectivity index (χ4n) is 1.43. The van der Waals surface area contributed by atoms with Crippen molar-refractivity contribution in [3.05, 3.63) is 41.5 Å². The van der Waals surface area contributed by atoms with E-state index in [1.54, 1.807) is 13.0 Å². The number of hydrogen-bond acceptors (Lipinski definition) is 4. The monoisotopic (exact) mass is 236 g/mol. The highest BCUT2D eigenvalue weighted by Crippen LogP contribution is 2.27. The second-order valence-corrected chi connectivity index (χ2v) is 3.81. The van der Waals surface area contributed by atoms with E-state index in [1.807, 2.05) is 6.92 Å². The van der Waals surface area contributed by atoms with Crippen molar-refractivity contribution in [2.24, 2.45) is 0 Å². The first-order valence-corrected chi connectivity index (χ1v) is 5.21. The predicted molar refractivity (Wildman–Crippen MR) is 61.1 cm³/mol. The molecule has 0 bridgehead atoms. The van der Waals surface area contributed by atoms with Gasteiger partial charge in [-0.2, -0.15) is 0 Å². The average molecular weight is 236 g/mol. The number of aryl methyl sites for hydroxylation is 1. The van der Waals surface area contributed by atoms with Crippen LogP contribution in [-0.4, -0.2) is 5.16 Å². The van der Waals surface area contributed by atoms with Crippen LogP contribution in [0, 0.1) is 12.7 Å². The van der Waals surface area contributed by atoms with Crippen molar-refractivity contribution in [2.45, 2.75) is 20.0 Å². The van der Waals surface area contributed by atoms with Crippen LogP contribution in [0.2, 0.25) is 0 Å². The summed E-state index contributed by atoms with van der Waals surface area (Å²) in [7, 11) is 0. The van der Waals surface area contributed by atoms with E-state index in [2.05, 4.69) is 5.16 Å². The first-order valence-electron chi connectivity index (χ1n) is 5.21. The second kappa shape index (κ2) is 4.45. The van der Waals surface area contributed by atoms with E-state index in [-0.39, 0.29) is 6.10 Å². The molecular weight excluding hydrogens is 223 g/mol. The third-order valence-corrected chi connectivity index (χ3v) is 2.33. The Bertz CT molecular complexity index is 525. The largest absolute Gasteiger partial charge is 0.480 e. The Morgan fingerprint density at radius 2 is 2.18 bits per heavy atom. The van der Waals surface area contributed by atoms with Crippen molar-refractivity contribution in [3.63, 3.8) is 0 Å². The molecule has 0 aliphatic rings. The zero-order chi connectivity index (χ0) is 12.4. The van der Waals surface area contributed by atoms with Gasteiger partial charge >= 0.3 is 0 Å². The molecule has 0 spiro atoms. The van der Waals surface area contributed by atoms with E-state index in [1.165, 1.54) is 18.2 Å². The molecule has 0 unspecified atom stereocenters. The van der Waals surface area contributed by atoms with Crippen molar-refractivity contribution in [3.8, 4) is 5.75 Å². The molecule has 1 aromatic carbocycles. The minimum atomic E-state index is -0.393. The predicted octanol–water partition coefficient (Wildman–Crippen LogP) is 2.84. The Hall–Kier alpha value is -2.04. The summed E-state index contributed by atoms with van der Waals surface area (Å²) in [6.07, 6.45) is -0.375. The van der Waals surface area contributed by atoms with Crippen LogP contribution in [0.25, 0.3) is 0 Å². The number of nitrogens with zero attached hydrogens (tertiary/aromatic N) is 1. The Morgan fingerprint density at radius 3 is 2.82 bits per heavy atom. The molecule has 0 amide bonds. The van der Waals surface area contributed by atoms with Gasteiger partial charge in [-0.05, 0) is 26.0 Å². The number of aromatic nitrogens is 1. The second-order valence-electron chi connectivity index (χ2n) is 3.81. The lowest BCUT2D eigenvalue weighted by atomic mass is 10.2. The molecule has 0 aliphatic carbocycles. The van der Waals surface area contributed by atoms with E-state index in [0.29, 0.717) is 17.2 Å². The molecule has 0 radical (unpaired) electrons. The molecule has 17 heavy (non-hydrogen) atoms. The highest BCUT2D eigenvalue weighted by Gasteiger charge is 2.14. The highest BCUT2D eigenvalue weighted by atomic mass is 19.1. The Morgan fingerprint density at radius 1 is 1.41 bits per heavy atom. The lowest BCUT2D eigenvalue weighted by molar-refractivity contribution is 0.182. The fraction of sp³-hybridized carbons (Fsp3) is 0.250. The minimum Gasteiger partial charge on any atom is -0.480 e. The highest BCUT2D eigenvalue weighted by molar-refractivity contribution is 5.52. The van der Waals surface area contributed by atoms with Crippen LogP contribution >= 0.6 is 0 Å². The van der Waals surface area contributed by atoms with Gasteiger partial charge in [0, 0.05) is 12.1 Å². The molecule has 0 fully saturated rings.